The summed E-state index contributed by atoms with van der Waals surface area (Å²) in [4.78, 5) is 0. The number of benzene rings is 3. The molecule has 204 valence electrons. The topological polar surface area (TPSA) is 0 Å². The van der Waals surface area contributed by atoms with Gasteiger partial charge < -0.3 is 0 Å². The molecule has 5 aromatic rings. The van der Waals surface area contributed by atoms with Crippen LogP contribution in [-0.2, 0) is 27.3 Å². The third-order valence-corrected chi connectivity index (χ3v) is 6.57. The fourth-order valence-electron chi connectivity index (χ4n) is 4.57. The molecule has 0 bridgehead atoms. The zero-order valence-electron chi connectivity index (χ0n) is 24.1. The summed E-state index contributed by atoms with van der Waals surface area (Å²) in [5.41, 5.74) is 5.59. The van der Waals surface area contributed by atoms with E-state index in [-0.39, 0.29) is 0 Å². The van der Waals surface area contributed by atoms with Crippen LogP contribution in [0.1, 0.15) is 63.5 Å². The van der Waals surface area contributed by atoms with E-state index in [0.717, 1.165) is 9.52 Å². The van der Waals surface area contributed by atoms with E-state index in [1.165, 1.54) is 75.9 Å². The largest absolute Gasteiger partial charge is 0.168 e. The maximum atomic E-state index is 4.93. The van der Waals surface area contributed by atoms with Gasteiger partial charge in [0.15, 0.2) is 0 Å². The predicted octanol–water partition coefficient (Wildman–Crippen LogP) is 12.2. The second-order valence-corrected chi connectivity index (χ2v) is 14.7. The molecular weight excluding hydrogens is 611 g/mol. The van der Waals surface area contributed by atoms with Gasteiger partial charge in [-0.15, -0.1) is 64.2 Å². The Bertz CT molecular complexity index is 1290. The number of fused-ring (bicyclic) bond motifs is 2. The van der Waals surface area contributed by atoms with E-state index < -0.39 is 20.8 Å². The standard InChI is InChI=1S/C24H29.C9H7.C2H6Si.2ClH.Zr/c1-4-5-6-7-9-19-16-22-10-8-11-23(24(22)17-19)21-14-12-20(13-15-21)18(2)3;1-2-5-9-7-3-6-8(9)4-1;1-3-2;;;/h8,10-18H,4-7,9H2,1-3H3;1-7H;1-2H3;2*1H;/q2*-1;;;;+4/p-2. The first-order valence-electron chi connectivity index (χ1n) is 13.9. The molecule has 4 heteroatoms. The molecule has 0 aromatic heterocycles. The van der Waals surface area contributed by atoms with Gasteiger partial charge in [-0.2, -0.15) is 23.6 Å². The molecule has 5 rings (SSSR count). The summed E-state index contributed by atoms with van der Waals surface area (Å²) in [5.74, 6) is 0.587. The van der Waals surface area contributed by atoms with Crippen LogP contribution in [0, 0.1) is 0 Å². The molecule has 5 aromatic carbocycles. The molecule has 0 fully saturated rings. The molecule has 0 unspecified atom stereocenters. The molecule has 0 aliphatic rings. The molecule has 0 aliphatic carbocycles. The Morgan fingerprint density at radius 2 is 1.49 bits per heavy atom. The smallest absolute Gasteiger partial charge is 0.0809 e. The van der Waals surface area contributed by atoms with Crippen molar-refractivity contribution < 1.29 is 20.8 Å². The molecule has 0 atom stereocenters. The van der Waals surface area contributed by atoms with E-state index in [9.17, 15) is 0 Å². The van der Waals surface area contributed by atoms with E-state index in [1.54, 1.807) is 0 Å². The average molecular weight is 653 g/mol. The number of hydrogen-bond acceptors (Lipinski definition) is 0. The fraction of sp³-hybridized carbons (Fsp3) is 0.314. The van der Waals surface area contributed by atoms with Crippen molar-refractivity contribution in [3.63, 3.8) is 0 Å². The Morgan fingerprint density at radius 3 is 2.13 bits per heavy atom. The van der Waals surface area contributed by atoms with Crippen LogP contribution >= 0.6 is 17.0 Å². The Labute approximate surface area is 258 Å². The van der Waals surface area contributed by atoms with Crippen molar-refractivity contribution in [2.45, 2.75) is 71.9 Å². The van der Waals surface area contributed by atoms with Crippen LogP contribution in [0.5, 0.6) is 0 Å². The summed E-state index contributed by atoms with van der Waals surface area (Å²) in [5, 5.41) is 5.45. The van der Waals surface area contributed by atoms with Crippen LogP contribution in [0.2, 0.25) is 13.1 Å². The summed E-state index contributed by atoms with van der Waals surface area (Å²) in [6, 6.07) is 35.3. The van der Waals surface area contributed by atoms with E-state index >= 15 is 0 Å². The summed E-state index contributed by atoms with van der Waals surface area (Å²) < 4.78 is 0. The fourth-order valence-corrected chi connectivity index (χ4v) is 4.57. The maximum Gasteiger partial charge on any atom is -0.0809 e. The van der Waals surface area contributed by atoms with Crippen molar-refractivity contribution in [3.05, 3.63) is 108 Å². The van der Waals surface area contributed by atoms with Crippen molar-refractivity contribution in [2.75, 3.05) is 0 Å². The first-order chi connectivity index (χ1) is 19.0. The summed E-state index contributed by atoms with van der Waals surface area (Å²) in [6.07, 6.45) is 6.53. The van der Waals surface area contributed by atoms with Gasteiger partial charge in [-0.3, -0.25) is 0 Å². The molecule has 0 nitrogen and oxygen atoms in total. The van der Waals surface area contributed by atoms with Crippen LogP contribution in [0.3, 0.4) is 0 Å². The first-order valence-corrected chi connectivity index (χ1v) is 22.3. The molecular formula is C35H42Cl2SiZr. The van der Waals surface area contributed by atoms with Gasteiger partial charge in [0.25, 0.3) is 0 Å². The van der Waals surface area contributed by atoms with Crippen LogP contribution in [-0.4, -0.2) is 9.52 Å². The summed E-state index contributed by atoms with van der Waals surface area (Å²) >= 11 is -0.826. The Kier molecular flexibility index (Phi) is 17.0. The average Bonchev–Trinajstić information content (AvgIpc) is 3.59. The van der Waals surface area contributed by atoms with Crippen molar-refractivity contribution in [3.8, 4) is 11.1 Å². The molecule has 0 N–H and O–H groups in total. The van der Waals surface area contributed by atoms with Gasteiger partial charge in [0.2, 0.25) is 0 Å². The molecule has 0 heterocycles. The summed E-state index contributed by atoms with van der Waals surface area (Å²) in [7, 11) is 11.0. The Morgan fingerprint density at radius 1 is 0.821 bits per heavy atom. The van der Waals surface area contributed by atoms with E-state index in [0.29, 0.717) is 5.92 Å². The van der Waals surface area contributed by atoms with Gasteiger partial charge in [-0.05, 0) is 23.5 Å². The number of hydrogen-bond donors (Lipinski definition) is 0. The summed E-state index contributed by atoms with van der Waals surface area (Å²) in [6.45, 7) is 11.1. The predicted molar refractivity (Wildman–Crippen MR) is 176 cm³/mol. The zero-order chi connectivity index (χ0) is 28.5. The van der Waals surface area contributed by atoms with Crippen LogP contribution in [0.15, 0.2) is 97.1 Å². The van der Waals surface area contributed by atoms with Crippen molar-refractivity contribution >= 4 is 48.1 Å². The number of unbranched alkanes of at least 4 members (excludes halogenated alkanes) is 3. The normalized spacial score (nSPS) is 10.2. The van der Waals surface area contributed by atoms with Gasteiger partial charge in [-0.25, -0.2) is 0 Å². The van der Waals surface area contributed by atoms with Gasteiger partial charge in [0, 0.05) is 9.52 Å². The van der Waals surface area contributed by atoms with Crippen molar-refractivity contribution in [2.24, 2.45) is 0 Å². The molecule has 0 saturated heterocycles. The maximum absolute atomic E-state index is 4.93. The second-order valence-electron chi connectivity index (χ2n) is 9.99. The minimum Gasteiger partial charge on any atom is -0.168 e. The van der Waals surface area contributed by atoms with E-state index in [4.69, 9.17) is 17.0 Å². The van der Waals surface area contributed by atoms with E-state index in [1.807, 2.05) is 0 Å². The molecule has 0 saturated carbocycles. The molecule has 39 heavy (non-hydrogen) atoms. The Hall–Kier alpha value is -1.44. The number of rotatable bonds is 7. The quantitative estimate of drug-likeness (QED) is 0.0932. The van der Waals surface area contributed by atoms with E-state index in [2.05, 4.69) is 131 Å². The van der Waals surface area contributed by atoms with Gasteiger partial charge in [0.1, 0.15) is 0 Å². The molecule has 0 amide bonds. The van der Waals surface area contributed by atoms with Crippen molar-refractivity contribution in [1.82, 2.24) is 0 Å². The van der Waals surface area contributed by atoms with Crippen LogP contribution in [0.25, 0.3) is 32.7 Å². The minimum absolute atomic E-state index is 0.587. The third kappa shape index (κ3) is 11.5. The van der Waals surface area contributed by atoms with Crippen LogP contribution in [0.4, 0.5) is 0 Å². The second kappa shape index (κ2) is 19.6. The minimum atomic E-state index is -0.826. The van der Waals surface area contributed by atoms with Gasteiger partial charge in [-0.1, -0.05) is 102 Å². The molecule has 0 spiro atoms. The zero-order valence-corrected chi connectivity index (χ0v) is 29.1. The van der Waals surface area contributed by atoms with Gasteiger partial charge >= 0.3 is 37.9 Å². The Balaban J connectivity index is 0.000000290. The van der Waals surface area contributed by atoms with Crippen LogP contribution < -0.4 is 0 Å². The number of aryl methyl sites for hydroxylation is 1. The first kappa shape index (κ1) is 33.8. The van der Waals surface area contributed by atoms with Gasteiger partial charge in [0.05, 0.1) is 0 Å². The number of halogens is 2. The monoisotopic (exact) mass is 650 g/mol. The third-order valence-electron chi connectivity index (χ3n) is 6.57. The molecule has 0 aliphatic heterocycles. The molecule has 2 radical (unpaired) electrons. The van der Waals surface area contributed by atoms with Crippen molar-refractivity contribution in [1.29, 1.82) is 0 Å². The SMILES string of the molecule is CCCCCCc1cc2c(-c3ccc(C(C)C)cc3)cccc2[cH-]1.C[Si]C.[Cl][Zr+2][Cl].c1ccc2[cH-]ccc2c1.